The minimum atomic E-state index is -3.65. The van der Waals surface area contributed by atoms with Crippen LogP contribution in [0.1, 0.15) is 23.3 Å². The lowest BCUT2D eigenvalue weighted by Crippen LogP contribution is -2.52. The largest absolute Gasteiger partial charge is 0.379 e. The Balaban J connectivity index is 1.36. The Morgan fingerprint density at radius 1 is 1.00 bits per heavy atom. The molecule has 3 aliphatic rings. The molecule has 4 rings (SSSR count). The molecule has 1 aromatic rings. The number of nitrogens with one attached hydrogen (secondary N) is 1. The van der Waals surface area contributed by atoms with Gasteiger partial charge in [-0.3, -0.25) is 9.59 Å². The number of morpholine rings is 1. The number of sulfonamides is 1. The third-order valence-corrected chi connectivity index (χ3v) is 7.45. The number of carbonyl (C=O) groups excluding carboxylic acids is 2. The fraction of sp³-hybridized carbons (Fsp3) is 0.667. The van der Waals surface area contributed by atoms with E-state index in [4.69, 9.17) is 9.47 Å². The van der Waals surface area contributed by atoms with E-state index >= 15 is 0 Å². The van der Waals surface area contributed by atoms with Gasteiger partial charge in [0, 0.05) is 52.1 Å². The molecule has 1 atom stereocenters. The van der Waals surface area contributed by atoms with E-state index < -0.39 is 10.0 Å². The molecule has 160 valence electrons. The first-order valence-corrected chi connectivity index (χ1v) is 11.4. The van der Waals surface area contributed by atoms with Gasteiger partial charge in [-0.2, -0.15) is 4.31 Å². The zero-order valence-electron chi connectivity index (χ0n) is 16.2. The summed E-state index contributed by atoms with van der Waals surface area (Å²) in [5.41, 5.74) is 0.232. The Morgan fingerprint density at radius 2 is 1.69 bits per heavy atom. The lowest BCUT2D eigenvalue weighted by atomic mass is 10.2. The summed E-state index contributed by atoms with van der Waals surface area (Å²) >= 11 is 0. The number of nitrogens with zero attached hydrogens (tertiary/aromatic N) is 3. The molecule has 29 heavy (non-hydrogen) atoms. The summed E-state index contributed by atoms with van der Waals surface area (Å²) in [4.78, 5) is 31.5. The number of hydrogen-bond acceptors (Lipinski definition) is 6. The smallest absolute Gasteiger partial charge is 0.270 e. The second kappa shape index (κ2) is 8.42. The van der Waals surface area contributed by atoms with Gasteiger partial charge in [-0.25, -0.2) is 8.42 Å². The highest BCUT2D eigenvalue weighted by molar-refractivity contribution is 7.89. The van der Waals surface area contributed by atoms with Crippen molar-refractivity contribution < 1.29 is 27.5 Å². The topological polar surface area (TPSA) is 112 Å². The molecule has 0 radical (unpaired) electrons. The molecule has 11 heteroatoms. The Hall–Kier alpha value is -1.95. The highest BCUT2D eigenvalue weighted by atomic mass is 32.2. The maximum atomic E-state index is 12.8. The SMILES string of the molecule is O=C(c1cc(S(=O)(=O)N2CCOCC2)c[nH]1)N1CCN(C(=O)C2CCCO2)CC1. The number of piperazine rings is 1. The zero-order chi connectivity index (χ0) is 20.4. The number of amides is 2. The predicted octanol–water partition coefficient (Wildman–Crippen LogP) is -0.501. The molecule has 0 spiro atoms. The molecule has 2 amide bonds. The van der Waals surface area contributed by atoms with Crippen LogP contribution in [0.4, 0.5) is 0 Å². The molecule has 3 fully saturated rings. The van der Waals surface area contributed by atoms with Gasteiger partial charge in [0.15, 0.2) is 0 Å². The molecule has 0 aromatic carbocycles. The van der Waals surface area contributed by atoms with E-state index in [1.165, 1.54) is 16.6 Å². The van der Waals surface area contributed by atoms with Crippen LogP contribution < -0.4 is 0 Å². The summed E-state index contributed by atoms with van der Waals surface area (Å²) in [6.07, 6.45) is 2.65. The summed E-state index contributed by atoms with van der Waals surface area (Å²) in [5, 5.41) is 0. The lowest BCUT2D eigenvalue weighted by Gasteiger charge is -2.35. The fourth-order valence-electron chi connectivity index (χ4n) is 3.86. The molecule has 1 unspecified atom stereocenters. The highest BCUT2D eigenvalue weighted by Gasteiger charge is 2.33. The average molecular weight is 426 g/mol. The van der Waals surface area contributed by atoms with Crippen LogP contribution in [0.25, 0.3) is 0 Å². The van der Waals surface area contributed by atoms with Crippen LogP contribution in [0.15, 0.2) is 17.2 Å². The number of rotatable bonds is 4. The van der Waals surface area contributed by atoms with Crippen molar-refractivity contribution in [1.82, 2.24) is 19.1 Å². The molecule has 1 aromatic heterocycles. The number of carbonyl (C=O) groups is 2. The second-order valence-electron chi connectivity index (χ2n) is 7.38. The van der Waals surface area contributed by atoms with Gasteiger partial charge in [0.1, 0.15) is 16.7 Å². The minimum Gasteiger partial charge on any atom is -0.379 e. The normalized spacial score (nSPS) is 24.1. The summed E-state index contributed by atoms with van der Waals surface area (Å²) in [7, 11) is -3.65. The molecular weight excluding hydrogens is 400 g/mol. The molecule has 4 heterocycles. The highest BCUT2D eigenvalue weighted by Crippen LogP contribution is 2.20. The summed E-state index contributed by atoms with van der Waals surface area (Å²) in [6, 6.07) is 1.39. The molecular formula is C18H26N4O6S. The monoisotopic (exact) mass is 426 g/mol. The standard InChI is InChI=1S/C18H26N4O6S/c23-17(20-3-5-21(6-4-20)18(24)16-2-1-9-28-16)15-12-14(13-19-15)29(25,26)22-7-10-27-11-8-22/h12-13,16,19H,1-11H2. The van der Waals surface area contributed by atoms with Crippen molar-refractivity contribution in [3.63, 3.8) is 0 Å². The fourth-order valence-corrected chi connectivity index (χ4v) is 5.26. The van der Waals surface area contributed by atoms with E-state index in [9.17, 15) is 18.0 Å². The van der Waals surface area contributed by atoms with E-state index in [0.29, 0.717) is 59.1 Å². The van der Waals surface area contributed by atoms with Gasteiger partial charge < -0.3 is 24.3 Å². The molecule has 10 nitrogen and oxygen atoms in total. The van der Waals surface area contributed by atoms with Gasteiger partial charge in [0.05, 0.1) is 13.2 Å². The molecule has 0 saturated carbocycles. The lowest BCUT2D eigenvalue weighted by molar-refractivity contribution is -0.142. The number of aromatic amines is 1. The first-order chi connectivity index (χ1) is 14.0. The van der Waals surface area contributed by atoms with Crippen molar-refractivity contribution in [2.24, 2.45) is 0 Å². The first kappa shape index (κ1) is 20.3. The molecule has 0 aliphatic carbocycles. The Labute approximate surface area is 169 Å². The summed E-state index contributed by atoms with van der Waals surface area (Å²) in [5.74, 6) is -0.272. The Bertz CT molecular complexity index is 849. The van der Waals surface area contributed by atoms with Crippen LogP contribution in [0, 0.1) is 0 Å². The van der Waals surface area contributed by atoms with Crippen molar-refractivity contribution in [3.8, 4) is 0 Å². The molecule has 1 N–H and O–H groups in total. The van der Waals surface area contributed by atoms with E-state index in [1.54, 1.807) is 9.80 Å². The summed E-state index contributed by atoms with van der Waals surface area (Å²) < 4.78 is 37.4. The minimum absolute atomic E-state index is 0.00615. The zero-order valence-corrected chi connectivity index (χ0v) is 17.0. The quantitative estimate of drug-likeness (QED) is 0.695. The van der Waals surface area contributed by atoms with Crippen LogP contribution in [-0.2, 0) is 24.3 Å². The van der Waals surface area contributed by atoms with Gasteiger partial charge in [-0.15, -0.1) is 0 Å². The van der Waals surface area contributed by atoms with Gasteiger partial charge in [0.25, 0.3) is 11.8 Å². The van der Waals surface area contributed by atoms with E-state index in [1.807, 2.05) is 0 Å². The third-order valence-electron chi connectivity index (χ3n) is 5.58. The summed E-state index contributed by atoms with van der Waals surface area (Å²) in [6.45, 7) is 3.67. The van der Waals surface area contributed by atoms with Gasteiger partial charge in [0.2, 0.25) is 10.0 Å². The maximum Gasteiger partial charge on any atom is 0.270 e. The van der Waals surface area contributed by atoms with E-state index in [-0.39, 0.29) is 28.5 Å². The van der Waals surface area contributed by atoms with Crippen LogP contribution in [0.3, 0.4) is 0 Å². The maximum absolute atomic E-state index is 12.8. The number of ether oxygens (including phenoxy) is 2. The first-order valence-electron chi connectivity index (χ1n) is 9.93. The second-order valence-corrected chi connectivity index (χ2v) is 9.32. The molecule has 3 aliphatic heterocycles. The van der Waals surface area contributed by atoms with Crippen molar-refractivity contribution in [3.05, 3.63) is 18.0 Å². The van der Waals surface area contributed by atoms with Crippen molar-refractivity contribution >= 4 is 21.8 Å². The van der Waals surface area contributed by atoms with Crippen LogP contribution in [-0.4, -0.2) is 105 Å². The van der Waals surface area contributed by atoms with Crippen molar-refractivity contribution in [1.29, 1.82) is 0 Å². The van der Waals surface area contributed by atoms with Crippen LogP contribution in [0.2, 0.25) is 0 Å². The van der Waals surface area contributed by atoms with Crippen molar-refractivity contribution in [2.75, 3.05) is 59.1 Å². The number of aromatic nitrogens is 1. The van der Waals surface area contributed by atoms with Crippen LogP contribution in [0.5, 0.6) is 0 Å². The van der Waals surface area contributed by atoms with E-state index in [0.717, 1.165) is 12.8 Å². The van der Waals surface area contributed by atoms with Crippen LogP contribution >= 0.6 is 0 Å². The number of H-pyrrole nitrogens is 1. The van der Waals surface area contributed by atoms with Gasteiger partial charge >= 0.3 is 0 Å². The number of hydrogen-bond donors (Lipinski definition) is 1. The predicted molar refractivity (Wildman–Crippen MR) is 102 cm³/mol. The van der Waals surface area contributed by atoms with Gasteiger partial charge in [-0.05, 0) is 18.9 Å². The molecule has 3 saturated heterocycles. The molecule has 0 bridgehead atoms. The third kappa shape index (κ3) is 4.18. The van der Waals surface area contributed by atoms with Crippen molar-refractivity contribution in [2.45, 2.75) is 23.8 Å². The van der Waals surface area contributed by atoms with Gasteiger partial charge in [-0.1, -0.05) is 0 Å². The average Bonchev–Trinajstić information content (AvgIpc) is 3.46. The van der Waals surface area contributed by atoms with E-state index in [2.05, 4.69) is 4.98 Å². The Kier molecular flexibility index (Phi) is 5.91. The Morgan fingerprint density at radius 3 is 2.34 bits per heavy atom.